The number of nitrogens with zero attached hydrogens (tertiary/aromatic N) is 1. The molecule has 0 saturated carbocycles. The van der Waals surface area contributed by atoms with Crippen LogP contribution in [0.2, 0.25) is 0 Å². The van der Waals surface area contributed by atoms with Gasteiger partial charge in [0.05, 0.1) is 12.5 Å². The summed E-state index contributed by atoms with van der Waals surface area (Å²) in [6.45, 7) is 0. The summed E-state index contributed by atoms with van der Waals surface area (Å²) >= 11 is 0. The molecule has 0 radical (unpaired) electrons. The molecular formula is C11H11NO2. The molecule has 3 nitrogen and oxygen atoms in total. The first-order chi connectivity index (χ1) is 6.81. The lowest BCUT2D eigenvalue weighted by atomic mass is 10.2. The van der Waals surface area contributed by atoms with Crippen molar-refractivity contribution in [3.05, 3.63) is 28.8 Å². The number of carbonyl (C=O) groups is 1. The normalized spacial score (nSPS) is 14.8. The molecular weight excluding hydrogens is 178 g/mol. The van der Waals surface area contributed by atoms with Gasteiger partial charge in [0.1, 0.15) is 5.75 Å². The number of rotatable bonds is 1. The largest absolute Gasteiger partial charge is 0.496 e. The molecule has 0 bridgehead atoms. The Morgan fingerprint density at radius 3 is 3.07 bits per heavy atom. The molecule has 1 aromatic rings. The Labute approximate surface area is 81.7 Å². The van der Waals surface area contributed by atoms with E-state index in [1.165, 1.54) is 0 Å². The van der Waals surface area contributed by atoms with Crippen LogP contribution in [0.5, 0.6) is 5.75 Å². The molecule has 3 heteroatoms. The van der Waals surface area contributed by atoms with Gasteiger partial charge in [0, 0.05) is 11.6 Å². The fourth-order valence-electron chi connectivity index (χ4n) is 1.54. The van der Waals surface area contributed by atoms with Gasteiger partial charge < -0.3 is 4.74 Å². The monoisotopic (exact) mass is 189 g/mol. The minimum Gasteiger partial charge on any atom is -0.496 e. The zero-order valence-corrected chi connectivity index (χ0v) is 7.99. The van der Waals surface area contributed by atoms with E-state index >= 15 is 0 Å². The fourth-order valence-corrected chi connectivity index (χ4v) is 1.54. The van der Waals surface area contributed by atoms with Gasteiger partial charge in [-0.05, 0) is 18.6 Å². The third-order valence-electron chi connectivity index (χ3n) is 2.21. The Kier molecular flexibility index (Phi) is 2.31. The highest BCUT2D eigenvalue weighted by Gasteiger charge is 2.04. The molecule has 0 atom stereocenters. The standard InChI is InChI=1S/C11H11NO2/c1-14-10-6-3-5-9-8(10)4-2-7-11(13)12-9/h3-6H,2,7H2,1H3. The van der Waals surface area contributed by atoms with E-state index in [0.29, 0.717) is 11.8 Å². The molecule has 0 aliphatic carbocycles. The van der Waals surface area contributed by atoms with Crippen molar-refractivity contribution < 1.29 is 9.53 Å². The smallest absolute Gasteiger partial charge is 0.246 e. The molecule has 1 aliphatic heterocycles. The van der Waals surface area contributed by atoms with Crippen molar-refractivity contribution >= 4 is 12.0 Å². The molecule has 72 valence electrons. The summed E-state index contributed by atoms with van der Waals surface area (Å²) in [7, 11) is 1.62. The molecule has 1 amide bonds. The van der Waals surface area contributed by atoms with Crippen molar-refractivity contribution in [2.45, 2.75) is 12.8 Å². The van der Waals surface area contributed by atoms with Gasteiger partial charge in [0.25, 0.3) is 0 Å². The molecule has 14 heavy (non-hydrogen) atoms. The number of carbonyl (C=O) groups excluding carboxylic acids is 1. The van der Waals surface area contributed by atoms with Crippen LogP contribution >= 0.6 is 0 Å². The zero-order valence-electron chi connectivity index (χ0n) is 7.99. The number of benzene rings is 1. The predicted molar refractivity (Wildman–Crippen MR) is 52.5 cm³/mol. The number of hydrogen-bond acceptors (Lipinski definition) is 2. The van der Waals surface area contributed by atoms with E-state index in [2.05, 4.69) is 4.99 Å². The van der Waals surface area contributed by atoms with Gasteiger partial charge in [-0.15, -0.1) is 0 Å². The lowest BCUT2D eigenvalue weighted by Crippen LogP contribution is -2.26. The number of hydrogen-bond donors (Lipinski definition) is 0. The maximum absolute atomic E-state index is 11.2. The van der Waals surface area contributed by atoms with Gasteiger partial charge in [0.2, 0.25) is 5.91 Å². The van der Waals surface area contributed by atoms with Gasteiger partial charge in [0.15, 0.2) is 0 Å². The van der Waals surface area contributed by atoms with E-state index in [1.54, 1.807) is 7.11 Å². The first-order valence-electron chi connectivity index (χ1n) is 4.56. The van der Waals surface area contributed by atoms with E-state index in [4.69, 9.17) is 4.74 Å². The molecule has 0 saturated heterocycles. The Bertz CT molecular complexity index is 477. The van der Waals surface area contributed by atoms with Gasteiger partial charge in [-0.25, -0.2) is 4.99 Å². The molecule has 1 aromatic carbocycles. The van der Waals surface area contributed by atoms with E-state index in [-0.39, 0.29) is 5.91 Å². The summed E-state index contributed by atoms with van der Waals surface area (Å²) in [6, 6.07) is 5.55. The maximum Gasteiger partial charge on any atom is 0.246 e. The Morgan fingerprint density at radius 1 is 1.43 bits per heavy atom. The molecule has 0 spiro atoms. The molecule has 0 aromatic heterocycles. The number of methoxy groups -OCH3 is 1. The summed E-state index contributed by atoms with van der Waals surface area (Å²) in [5.74, 6) is 0.717. The molecule has 1 heterocycles. The van der Waals surface area contributed by atoms with Crippen LogP contribution < -0.4 is 15.3 Å². The number of ether oxygens (including phenoxy) is 1. The maximum atomic E-state index is 11.2. The van der Waals surface area contributed by atoms with E-state index in [0.717, 1.165) is 17.4 Å². The highest BCUT2D eigenvalue weighted by atomic mass is 16.5. The van der Waals surface area contributed by atoms with Gasteiger partial charge in [-0.2, -0.15) is 0 Å². The first kappa shape index (κ1) is 8.94. The molecule has 1 aliphatic rings. The van der Waals surface area contributed by atoms with Crippen molar-refractivity contribution in [3.63, 3.8) is 0 Å². The van der Waals surface area contributed by atoms with Crippen LogP contribution in [-0.2, 0) is 4.79 Å². The van der Waals surface area contributed by atoms with Crippen molar-refractivity contribution in [1.82, 2.24) is 0 Å². The summed E-state index contributed by atoms with van der Waals surface area (Å²) in [6.07, 6.45) is 3.22. The third kappa shape index (κ3) is 1.53. The van der Waals surface area contributed by atoms with Crippen LogP contribution in [0.3, 0.4) is 0 Å². The van der Waals surface area contributed by atoms with Gasteiger partial charge in [-0.3, -0.25) is 4.79 Å². The molecule has 2 rings (SSSR count). The molecule has 0 unspecified atom stereocenters. The van der Waals surface area contributed by atoms with Crippen molar-refractivity contribution in [2.75, 3.05) is 7.11 Å². The second-order valence-corrected chi connectivity index (χ2v) is 3.14. The average molecular weight is 189 g/mol. The zero-order chi connectivity index (χ0) is 9.97. The van der Waals surface area contributed by atoms with E-state index in [9.17, 15) is 4.79 Å². The summed E-state index contributed by atoms with van der Waals surface area (Å²) < 4.78 is 5.20. The van der Waals surface area contributed by atoms with Crippen LogP contribution in [0.25, 0.3) is 6.08 Å². The lowest BCUT2D eigenvalue weighted by molar-refractivity contribution is -0.117. The summed E-state index contributed by atoms with van der Waals surface area (Å²) in [4.78, 5) is 15.2. The van der Waals surface area contributed by atoms with Crippen molar-refractivity contribution in [3.8, 4) is 5.75 Å². The number of fused-ring (bicyclic) bond motifs is 1. The van der Waals surface area contributed by atoms with Gasteiger partial charge in [-0.1, -0.05) is 12.1 Å². The van der Waals surface area contributed by atoms with Crippen molar-refractivity contribution in [2.24, 2.45) is 4.99 Å². The Balaban J connectivity index is 2.76. The predicted octanol–water partition coefficient (Wildman–Crippen LogP) is 0.416. The summed E-state index contributed by atoms with van der Waals surface area (Å²) in [5.41, 5.74) is 0. The quantitative estimate of drug-likeness (QED) is 0.642. The fraction of sp³-hybridized carbons (Fsp3) is 0.273. The average Bonchev–Trinajstić information content (AvgIpc) is 2.37. The Hall–Kier alpha value is -1.64. The highest BCUT2D eigenvalue weighted by Crippen LogP contribution is 2.02. The second-order valence-electron chi connectivity index (χ2n) is 3.14. The topological polar surface area (TPSA) is 38.7 Å². The van der Waals surface area contributed by atoms with Crippen LogP contribution in [0.4, 0.5) is 0 Å². The minimum absolute atomic E-state index is 0.0618. The highest BCUT2D eigenvalue weighted by molar-refractivity contribution is 5.78. The molecule has 0 fully saturated rings. The van der Waals surface area contributed by atoms with Crippen molar-refractivity contribution in [1.29, 1.82) is 0 Å². The van der Waals surface area contributed by atoms with E-state index in [1.807, 2.05) is 24.3 Å². The molecule has 0 N–H and O–H groups in total. The SMILES string of the molecule is COc1cccc2c1=CCCC(=O)N=2. The lowest BCUT2D eigenvalue weighted by Gasteiger charge is -1.99. The first-order valence-corrected chi connectivity index (χ1v) is 4.56. The second kappa shape index (κ2) is 3.62. The van der Waals surface area contributed by atoms with Crippen LogP contribution in [-0.4, -0.2) is 13.0 Å². The van der Waals surface area contributed by atoms with Crippen LogP contribution in [0.1, 0.15) is 12.8 Å². The van der Waals surface area contributed by atoms with E-state index < -0.39 is 0 Å². The van der Waals surface area contributed by atoms with Gasteiger partial charge >= 0.3 is 0 Å². The Morgan fingerprint density at radius 2 is 2.29 bits per heavy atom. The van der Waals surface area contributed by atoms with Crippen LogP contribution in [0.15, 0.2) is 23.2 Å². The third-order valence-corrected chi connectivity index (χ3v) is 2.21. The summed E-state index contributed by atoms with van der Waals surface area (Å²) in [5, 5.41) is 1.65. The minimum atomic E-state index is -0.0618. The van der Waals surface area contributed by atoms with Crippen LogP contribution in [0, 0.1) is 0 Å². The number of amides is 1.